The van der Waals surface area contributed by atoms with E-state index in [2.05, 4.69) is 22.0 Å². The number of hydrogen-bond acceptors (Lipinski definition) is 6. The number of rotatable bonds is 11. The Labute approximate surface area is 236 Å². The maximum atomic E-state index is 12.0. The van der Waals surface area contributed by atoms with Crippen molar-refractivity contribution < 1.29 is 23.8 Å². The SMILES string of the molecule is C.COc1ccc(-c2nc(CCOc3ccc(C[C@H]4CN(Cc5ccccc5)C[C@H]4C(=O)O)cc3)c(C)o2)cc1. The summed E-state index contributed by atoms with van der Waals surface area (Å²) in [5.74, 6) is 1.94. The Balaban J connectivity index is 0.00000370. The van der Waals surface area contributed by atoms with Crippen molar-refractivity contribution in [2.45, 2.75) is 33.7 Å². The lowest BCUT2D eigenvalue weighted by Crippen LogP contribution is -2.24. The number of aromatic nitrogens is 1. The van der Waals surface area contributed by atoms with Gasteiger partial charge in [0.2, 0.25) is 5.89 Å². The summed E-state index contributed by atoms with van der Waals surface area (Å²) < 4.78 is 17.1. The molecule has 0 aliphatic carbocycles. The van der Waals surface area contributed by atoms with E-state index >= 15 is 0 Å². The van der Waals surface area contributed by atoms with E-state index in [1.807, 2.05) is 73.7 Å². The number of likely N-dealkylation sites (tertiary alicyclic amines) is 1. The molecule has 1 fully saturated rings. The molecule has 2 atom stereocenters. The zero-order valence-corrected chi connectivity index (χ0v) is 22.4. The van der Waals surface area contributed by atoms with E-state index in [9.17, 15) is 9.90 Å². The standard InChI is InChI=1S/C32H34N2O5.CH4/c1-22-30(33-31(39-22)25-10-14-27(37-2)15-11-25)16-17-38-28-12-8-23(9-13-28)18-26-20-34(21-29(26)32(35)36)19-24-6-4-3-5-7-24;/h3-15,26,29H,16-21H2,1-2H3,(H,35,36);1H4/t26-,29+;/m0./s1. The van der Waals surface area contributed by atoms with Crippen molar-refractivity contribution in [1.29, 1.82) is 0 Å². The molecule has 4 aromatic rings. The molecule has 0 unspecified atom stereocenters. The molecule has 1 saturated heterocycles. The van der Waals surface area contributed by atoms with Crippen molar-refractivity contribution in [2.75, 3.05) is 26.8 Å². The van der Waals surface area contributed by atoms with Gasteiger partial charge >= 0.3 is 5.97 Å². The summed E-state index contributed by atoms with van der Waals surface area (Å²) in [6, 6.07) is 25.8. The van der Waals surface area contributed by atoms with E-state index in [0.717, 1.165) is 53.6 Å². The Bertz CT molecular complexity index is 1370. The molecular weight excluding hydrogens is 504 g/mol. The predicted molar refractivity (Wildman–Crippen MR) is 156 cm³/mol. The van der Waals surface area contributed by atoms with Gasteiger partial charge in [-0.25, -0.2) is 4.98 Å². The first-order valence-electron chi connectivity index (χ1n) is 13.3. The number of aliphatic carboxylic acids is 1. The molecule has 1 aliphatic rings. The minimum absolute atomic E-state index is 0. The van der Waals surface area contributed by atoms with Gasteiger partial charge in [0.05, 0.1) is 25.3 Å². The van der Waals surface area contributed by atoms with Crippen LogP contribution in [0.3, 0.4) is 0 Å². The first kappa shape index (κ1) is 28.9. The van der Waals surface area contributed by atoms with Gasteiger partial charge in [0.1, 0.15) is 17.3 Å². The quantitative estimate of drug-likeness (QED) is 0.238. The average molecular weight is 543 g/mol. The van der Waals surface area contributed by atoms with Crippen LogP contribution >= 0.6 is 0 Å². The van der Waals surface area contributed by atoms with Crippen LogP contribution in [0.25, 0.3) is 11.5 Å². The molecule has 40 heavy (non-hydrogen) atoms. The minimum Gasteiger partial charge on any atom is -0.497 e. The van der Waals surface area contributed by atoms with Crippen LogP contribution in [0.15, 0.2) is 83.3 Å². The van der Waals surface area contributed by atoms with Crippen molar-refractivity contribution >= 4 is 5.97 Å². The topological polar surface area (TPSA) is 85.0 Å². The van der Waals surface area contributed by atoms with Gasteiger partial charge in [0.25, 0.3) is 0 Å². The first-order chi connectivity index (χ1) is 19.0. The molecule has 0 saturated carbocycles. The number of carboxylic acid groups (broad SMARTS) is 1. The Hall–Kier alpha value is -4.10. The molecule has 2 heterocycles. The summed E-state index contributed by atoms with van der Waals surface area (Å²) in [4.78, 5) is 18.9. The second-order valence-electron chi connectivity index (χ2n) is 10.1. The maximum Gasteiger partial charge on any atom is 0.308 e. The van der Waals surface area contributed by atoms with Crippen molar-refractivity contribution in [3.63, 3.8) is 0 Å². The van der Waals surface area contributed by atoms with Crippen LogP contribution in [0.1, 0.15) is 30.0 Å². The van der Waals surface area contributed by atoms with E-state index < -0.39 is 5.97 Å². The molecule has 7 heteroatoms. The van der Waals surface area contributed by atoms with Crippen molar-refractivity contribution in [2.24, 2.45) is 11.8 Å². The number of hydrogen-bond donors (Lipinski definition) is 1. The number of oxazole rings is 1. The number of methoxy groups -OCH3 is 1. The number of aryl methyl sites for hydroxylation is 1. The fourth-order valence-electron chi connectivity index (χ4n) is 5.23. The molecule has 3 aromatic carbocycles. The highest BCUT2D eigenvalue weighted by atomic mass is 16.5. The van der Waals surface area contributed by atoms with Crippen LogP contribution in [0, 0.1) is 18.8 Å². The van der Waals surface area contributed by atoms with Crippen LogP contribution in [-0.2, 0) is 24.2 Å². The van der Waals surface area contributed by atoms with Gasteiger partial charge in [-0.05, 0) is 66.8 Å². The Kier molecular flexibility index (Phi) is 9.61. The van der Waals surface area contributed by atoms with Gasteiger partial charge < -0.3 is 19.0 Å². The van der Waals surface area contributed by atoms with Gasteiger partial charge in [-0.15, -0.1) is 0 Å². The Morgan fingerprint density at radius 3 is 2.35 bits per heavy atom. The molecule has 1 aromatic heterocycles. The molecule has 7 nitrogen and oxygen atoms in total. The van der Waals surface area contributed by atoms with Crippen LogP contribution in [0.2, 0.25) is 0 Å². The van der Waals surface area contributed by atoms with Gasteiger partial charge in [-0.1, -0.05) is 49.9 Å². The zero-order chi connectivity index (χ0) is 27.2. The lowest BCUT2D eigenvalue weighted by atomic mass is 9.90. The van der Waals surface area contributed by atoms with Crippen LogP contribution in [0.5, 0.6) is 11.5 Å². The first-order valence-corrected chi connectivity index (χ1v) is 13.3. The van der Waals surface area contributed by atoms with Crippen molar-refractivity contribution in [3.05, 3.63) is 101 Å². The molecule has 1 N–H and O–H groups in total. The number of carbonyl (C=O) groups is 1. The minimum atomic E-state index is -0.714. The Morgan fingerprint density at radius 1 is 0.975 bits per heavy atom. The second-order valence-corrected chi connectivity index (χ2v) is 10.1. The third kappa shape index (κ3) is 7.10. The highest BCUT2D eigenvalue weighted by Gasteiger charge is 2.37. The second kappa shape index (κ2) is 13.3. The number of nitrogens with zero attached hydrogens (tertiary/aromatic N) is 2. The fraction of sp³-hybridized carbons (Fsp3) is 0.333. The van der Waals surface area contributed by atoms with Crippen LogP contribution in [0.4, 0.5) is 0 Å². The molecule has 1 aliphatic heterocycles. The number of benzene rings is 3. The molecule has 5 rings (SSSR count). The van der Waals surface area contributed by atoms with Gasteiger partial charge in [-0.2, -0.15) is 0 Å². The van der Waals surface area contributed by atoms with E-state index in [4.69, 9.17) is 13.9 Å². The average Bonchev–Trinajstić information content (AvgIpc) is 3.53. The van der Waals surface area contributed by atoms with E-state index in [1.54, 1.807) is 7.11 Å². The lowest BCUT2D eigenvalue weighted by molar-refractivity contribution is -0.142. The molecular formula is C33H38N2O5. The normalized spacial score (nSPS) is 16.9. The van der Waals surface area contributed by atoms with E-state index in [1.165, 1.54) is 5.56 Å². The summed E-state index contributed by atoms with van der Waals surface area (Å²) in [6.07, 6.45) is 1.36. The van der Waals surface area contributed by atoms with E-state index in [-0.39, 0.29) is 19.3 Å². The molecule has 0 radical (unpaired) electrons. The van der Waals surface area contributed by atoms with Crippen molar-refractivity contribution in [3.8, 4) is 23.0 Å². The van der Waals surface area contributed by atoms with Crippen LogP contribution in [-0.4, -0.2) is 47.8 Å². The number of carboxylic acids is 1. The predicted octanol–water partition coefficient (Wildman–Crippen LogP) is 6.29. The largest absolute Gasteiger partial charge is 0.497 e. The monoisotopic (exact) mass is 542 g/mol. The Morgan fingerprint density at radius 2 is 1.68 bits per heavy atom. The van der Waals surface area contributed by atoms with Crippen LogP contribution < -0.4 is 9.47 Å². The summed E-state index contributed by atoms with van der Waals surface area (Å²) in [5, 5.41) is 9.82. The summed E-state index contributed by atoms with van der Waals surface area (Å²) in [6.45, 7) is 4.53. The summed E-state index contributed by atoms with van der Waals surface area (Å²) in [7, 11) is 1.64. The highest BCUT2D eigenvalue weighted by molar-refractivity contribution is 5.71. The maximum absolute atomic E-state index is 12.0. The summed E-state index contributed by atoms with van der Waals surface area (Å²) in [5.41, 5.74) is 4.11. The highest BCUT2D eigenvalue weighted by Crippen LogP contribution is 2.29. The third-order valence-electron chi connectivity index (χ3n) is 7.34. The van der Waals surface area contributed by atoms with Gasteiger partial charge in [0, 0.05) is 31.6 Å². The van der Waals surface area contributed by atoms with Gasteiger partial charge in [-0.3, -0.25) is 9.69 Å². The van der Waals surface area contributed by atoms with Gasteiger partial charge in [0.15, 0.2) is 0 Å². The van der Waals surface area contributed by atoms with Crippen molar-refractivity contribution in [1.82, 2.24) is 9.88 Å². The third-order valence-corrected chi connectivity index (χ3v) is 7.34. The fourth-order valence-corrected chi connectivity index (χ4v) is 5.23. The molecule has 0 spiro atoms. The molecule has 0 amide bonds. The lowest BCUT2D eigenvalue weighted by Gasteiger charge is -2.16. The smallest absolute Gasteiger partial charge is 0.308 e. The molecule has 210 valence electrons. The molecule has 0 bridgehead atoms. The number of ether oxygens (including phenoxy) is 2. The van der Waals surface area contributed by atoms with E-state index in [0.29, 0.717) is 25.5 Å². The zero-order valence-electron chi connectivity index (χ0n) is 22.4. The summed E-state index contributed by atoms with van der Waals surface area (Å²) >= 11 is 0.